The van der Waals surface area contributed by atoms with Gasteiger partial charge in [-0.1, -0.05) is 0 Å². The van der Waals surface area contributed by atoms with Gasteiger partial charge in [-0.2, -0.15) is 0 Å². The lowest BCUT2D eigenvalue weighted by molar-refractivity contribution is -0.142. The first-order valence-corrected chi connectivity index (χ1v) is 7.23. The molecule has 0 radical (unpaired) electrons. The molecular weight excluding hydrogens is 256 g/mol. The maximum absolute atomic E-state index is 12.4. The molecule has 20 heavy (non-hydrogen) atoms. The molecule has 1 amide bonds. The number of ether oxygens (including phenoxy) is 1. The number of carbonyl (C=O) groups is 1. The van der Waals surface area contributed by atoms with Crippen LogP contribution in [-0.4, -0.2) is 58.6 Å². The van der Waals surface area contributed by atoms with E-state index < -0.39 is 0 Å². The van der Waals surface area contributed by atoms with Gasteiger partial charge in [0.2, 0.25) is 0 Å². The van der Waals surface area contributed by atoms with E-state index in [4.69, 9.17) is 4.74 Å². The van der Waals surface area contributed by atoms with Gasteiger partial charge >= 0.3 is 0 Å². The van der Waals surface area contributed by atoms with Gasteiger partial charge in [0.05, 0.1) is 12.2 Å². The van der Waals surface area contributed by atoms with Crippen molar-refractivity contribution < 1.29 is 9.53 Å². The molecule has 0 unspecified atom stereocenters. The van der Waals surface area contributed by atoms with Crippen LogP contribution in [0.15, 0.2) is 6.20 Å². The van der Waals surface area contributed by atoms with Crippen LogP contribution in [0.25, 0.3) is 0 Å². The Hall–Kier alpha value is -1.40. The molecule has 0 spiro atoms. The van der Waals surface area contributed by atoms with Crippen molar-refractivity contribution in [2.75, 3.05) is 27.2 Å². The fraction of sp³-hybridized carbons (Fsp3) is 0.714. The SMILES string of the molecule is CN(C)Cc1cn2c(n1)CN(C(=O)[C@H]1CCCO1)CC2. The van der Waals surface area contributed by atoms with E-state index in [1.54, 1.807) is 0 Å². The molecule has 2 aliphatic heterocycles. The second-order valence-corrected chi connectivity index (χ2v) is 5.84. The Morgan fingerprint density at radius 1 is 1.50 bits per heavy atom. The number of nitrogens with zero attached hydrogens (tertiary/aromatic N) is 4. The topological polar surface area (TPSA) is 50.6 Å². The van der Waals surface area contributed by atoms with E-state index in [1.807, 2.05) is 19.0 Å². The van der Waals surface area contributed by atoms with Crippen LogP contribution in [0.5, 0.6) is 0 Å². The van der Waals surface area contributed by atoms with Crippen LogP contribution in [0.3, 0.4) is 0 Å². The molecule has 3 rings (SSSR count). The first-order valence-electron chi connectivity index (χ1n) is 7.23. The van der Waals surface area contributed by atoms with Crippen LogP contribution in [0.4, 0.5) is 0 Å². The molecule has 0 N–H and O–H groups in total. The molecule has 3 heterocycles. The molecule has 2 aliphatic rings. The predicted molar refractivity (Wildman–Crippen MR) is 74.0 cm³/mol. The lowest BCUT2D eigenvalue weighted by Crippen LogP contribution is -2.43. The van der Waals surface area contributed by atoms with E-state index in [0.29, 0.717) is 13.2 Å². The summed E-state index contributed by atoms with van der Waals surface area (Å²) in [7, 11) is 4.07. The smallest absolute Gasteiger partial charge is 0.252 e. The van der Waals surface area contributed by atoms with Gasteiger partial charge in [0.25, 0.3) is 5.91 Å². The lowest BCUT2D eigenvalue weighted by Gasteiger charge is -2.29. The van der Waals surface area contributed by atoms with Crippen LogP contribution in [0, 0.1) is 0 Å². The van der Waals surface area contributed by atoms with Crippen molar-refractivity contribution in [3.63, 3.8) is 0 Å². The highest BCUT2D eigenvalue weighted by atomic mass is 16.5. The van der Waals surface area contributed by atoms with Crippen LogP contribution in [0.2, 0.25) is 0 Å². The van der Waals surface area contributed by atoms with E-state index in [9.17, 15) is 4.79 Å². The van der Waals surface area contributed by atoms with Crippen molar-refractivity contribution in [1.82, 2.24) is 19.4 Å². The molecule has 1 atom stereocenters. The van der Waals surface area contributed by atoms with Gasteiger partial charge in [-0.05, 0) is 26.9 Å². The van der Waals surface area contributed by atoms with E-state index >= 15 is 0 Å². The Kier molecular flexibility index (Phi) is 3.76. The zero-order chi connectivity index (χ0) is 14.1. The zero-order valence-electron chi connectivity index (χ0n) is 12.2. The molecule has 1 aromatic heterocycles. The van der Waals surface area contributed by atoms with Crippen molar-refractivity contribution in [3.8, 4) is 0 Å². The molecule has 0 aliphatic carbocycles. The maximum Gasteiger partial charge on any atom is 0.252 e. The highest BCUT2D eigenvalue weighted by Crippen LogP contribution is 2.19. The first-order chi connectivity index (χ1) is 9.63. The van der Waals surface area contributed by atoms with Gasteiger partial charge in [-0.15, -0.1) is 0 Å². The monoisotopic (exact) mass is 278 g/mol. The van der Waals surface area contributed by atoms with Gasteiger partial charge in [0.15, 0.2) is 0 Å². The number of imidazole rings is 1. The standard InChI is InChI=1S/C14H22N4O2/c1-16(2)8-11-9-17-5-6-18(10-13(17)15-11)14(19)12-4-3-7-20-12/h9,12H,3-8,10H2,1-2H3/t12-/m1/s1. The third-order valence-corrected chi connectivity index (χ3v) is 3.85. The van der Waals surface area contributed by atoms with Gasteiger partial charge in [0, 0.05) is 32.4 Å². The molecular formula is C14H22N4O2. The van der Waals surface area contributed by atoms with E-state index in [-0.39, 0.29) is 12.0 Å². The summed E-state index contributed by atoms with van der Waals surface area (Å²) < 4.78 is 7.65. The van der Waals surface area contributed by atoms with Crippen molar-refractivity contribution in [2.45, 2.75) is 38.6 Å². The van der Waals surface area contributed by atoms with E-state index in [2.05, 4.69) is 20.6 Å². The number of hydrogen-bond acceptors (Lipinski definition) is 4. The largest absolute Gasteiger partial charge is 0.368 e. The number of hydrogen-bond donors (Lipinski definition) is 0. The third-order valence-electron chi connectivity index (χ3n) is 3.85. The second-order valence-electron chi connectivity index (χ2n) is 5.84. The summed E-state index contributed by atoms with van der Waals surface area (Å²) in [6.07, 6.45) is 3.72. The number of aromatic nitrogens is 2. The Labute approximate surface area is 119 Å². The molecule has 0 aromatic carbocycles. The van der Waals surface area contributed by atoms with Crippen LogP contribution < -0.4 is 0 Å². The van der Waals surface area contributed by atoms with Crippen molar-refractivity contribution in [3.05, 3.63) is 17.7 Å². The number of carbonyl (C=O) groups excluding carboxylic acids is 1. The molecule has 6 heteroatoms. The number of fused-ring (bicyclic) bond motifs is 1. The third kappa shape index (κ3) is 2.71. The fourth-order valence-electron chi connectivity index (χ4n) is 2.88. The Bertz CT molecular complexity index is 491. The van der Waals surface area contributed by atoms with Crippen molar-refractivity contribution in [2.24, 2.45) is 0 Å². The summed E-state index contributed by atoms with van der Waals surface area (Å²) in [6, 6.07) is 0. The van der Waals surface area contributed by atoms with Crippen LogP contribution >= 0.6 is 0 Å². The van der Waals surface area contributed by atoms with Gasteiger partial charge in [-0.25, -0.2) is 4.98 Å². The lowest BCUT2D eigenvalue weighted by atomic mass is 10.2. The van der Waals surface area contributed by atoms with Crippen molar-refractivity contribution in [1.29, 1.82) is 0 Å². The number of rotatable bonds is 3. The van der Waals surface area contributed by atoms with Gasteiger partial charge in [0.1, 0.15) is 11.9 Å². The average Bonchev–Trinajstić information content (AvgIpc) is 3.04. The Balaban J connectivity index is 1.68. The quantitative estimate of drug-likeness (QED) is 0.806. The highest BCUT2D eigenvalue weighted by Gasteiger charge is 2.30. The summed E-state index contributed by atoms with van der Waals surface area (Å²) in [5.41, 5.74) is 1.07. The minimum Gasteiger partial charge on any atom is -0.368 e. The maximum atomic E-state index is 12.4. The summed E-state index contributed by atoms with van der Waals surface area (Å²) >= 11 is 0. The first kappa shape index (κ1) is 13.6. The van der Waals surface area contributed by atoms with Crippen LogP contribution in [-0.2, 0) is 29.2 Å². The second kappa shape index (κ2) is 5.54. The minimum absolute atomic E-state index is 0.130. The molecule has 1 aromatic rings. The molecule has 6 nitrogen and oxygen atoms in total. The highest BCUT2D eigenvalue weighted by molar-refractivity contribution is 5.81. The van der Waals surface area contributed by atoms with Gasteiger partial charge in [-0.3, -0.25) is 4.79 Å². The molecule has 1 fully saturated rings. The predicted octanol–water partition coefficient (Wildman–Crippen LogP) is 0.466. The molecule has 1 saturated heterocycles. The molecule has 0 bridgehead atoms. The summed E-state index contributed by atoms with van der Waals surface area (Å²) in [5, 5.41) is 0. The number of amides is 1. The van der Waals surface area contributed by atoms with E-state index in [1.165, 1.54) is 0 Å². The molecule has 0 saturated carbocycles. The molecule has 110 valence electrons. The summed E-state index contributed by atoms with van der Waals surface area (Å²) in [4.78, 5) is 21.0. The zero-order valence-corrected chi connectivity index (χ0v) is 12.2. The normalized spacial score (nSPS) is 22.4. The van der Waals surface area contributed by atoms with E-state index in [0.717, 1.165) is 44.0 Å². The Morgan fingerprint density at radius 2 is 2.35 bits per heavy atom. The Morgan fingerprint density at radius 3 is 3.05 bits per heavy atom. The van der Waals surface area contributed by atoms with Gasteiger partial charge < -0.3 is 19.1 Å². The van der Waals surface area contributed by atoms with Crippen molar-refractivity contribution >= 4 is 5.91 Å². The summed E-state index contributed by atoms with van der Waals surface area (Å²) in [6.45, 7) is 3.73. The summed E-state index contributed by atoms with van der Waals surface area (Å²) in [5.74, 6) is 1.12. The fourth-order valence-corrected chi connectivity index (χ4v) is 2.88. The average molecular weight is 278 g/mol. The van der Waals surface area contributed by atoms with Crippen LogP contribution in [0.1, 0.15) is 24.4 Å². The minimum atomic E-state index is -0.224.